The molecule has 3 aromatic rings. The number of hydrogen-bond donors (Lipinski definition) is 0. The van der Waals surface area contributed by atoms with Gasteiger partial charge in [0.05, 0.1) is 0 Å². The highest BCUT2D eigenvalue weighted by molar-refractivity contribution is 7.80. The maximum atomic E-state index is 13.6. The highest BCUT2D eigenvalue weighted by Gasteiger charge is 2.18. The standard InChI is InChI=1S/C26H15OP/c1-3-22-10-14-24(15-11-22)18-20-28(27,26-8-6-5-7-9-26)21-19-25-16-12-23(4-2)13-17-25/h1-2,5-17H. The molecular formula is C26H15OP. The molecule has 2 heteroatoms. The van der Waals surface area contributed by atoms with Crippen molar-refractivity contribution >= 4 is 12.4 Å². The SMILES string of the molecule is C#Cc1ccc(C#CP(=O)(C#Cc2ccc(C#C)cc2)c2ccccc2)cc1. The third-order valence-corrected chi connectivity index (χ3v) is 5.82. The minimum Gasteiger partial charge on any atom is -0.291 e. The number of hydrogen-bond acceptors (Lipinski definition) is 1. The Morgan fingerprint density at radius 1 is 0.571 bits per heavy atom. The molecule has 3 aromatic carbocycles. The van der Waals surface area contributed by atoms with E-state index in [-0.39, 0.29) is 0 Å². The lowest BCUT2D eigenvalue weighted by Gasteiger charge is -2.04. The molecule has 0 saturated heterocycles. The fourth-order valence-corrected chi connectivity index (χ4v) is 3.86. The van der Waals surface area contributed by atoms with Crippen LogP contribution in [0.5, 0.6) is 0 Å². The molecule has 1 nitrogen and oxygen atoms in total. The zero-order chi connectivity index (χ0) is 19.8. The molecule has 0 saturated carbocycles. The number of terminal acetylenes is 2. The van der Waals surface area contributed by atoms with E-state index in [1.54, 1.807) is 36.4 Å². The van der Waals surface area contributed by atoms with Gasteiger partial charge in [-0.25, -0.2) is 0 Å². The van der Waals surface area contributed by atoms with Gasteiger partial charge in [0.25, 0.3) is 7.14 Å². The molecule has 0 aromatic heterocycles. The second-order valence-electron chi connectivity index (χ2n) is 5.86. The van der Waals surface area contributed by atoms with E-state index >= 15 is 0 Å². The summed E-state index contributed by atoms with van der Waals surface area (Å²) in [6.07, 6.45) is 10.7. The van der Waals surface area contributed by atoms with Gasteiger partial charge >= 0.3 is 0 Å². The fourth-order valence-electron chi connectivity index (χ4n) is 2.38. The summed E-state index contributed by atoms with van der Waals surface area (Å²) in [6.45, 7) is 0. The van der Waals surface area contributed by atoms with E-state index in [4.69, 9.17) is 12.8 Å². The number of benzene rings is 3. The van der Waals surface area contributed by atoms with Crippen LogP contribution in [0.3, 0.4) is 0 Å². The van der Waals surface area contributed by atoms with Crippen molar-refractivity contribution < 1.29 is 4.57 Å². The van der Waals surface area contributed by atoms with Crippen LogP contribution in [0.4, 0.5) is 0 Å². The Morgan fingerprint density at radius 2 is 0.964 bits per heavy atom. The Morgan fingerprint density at radius 3 is 1.36 bits per heavy atom. The van der Waals surface area contributed by atoms with Crippen molar-refractivity contribution in [2.24, 2.45) is 0 Å². The first-order valence-electron chi connectivity index (χ1n) is 8.48. The van der Waals surface area contributed by atoms with Crippen LogP contribution in [-0.2, 0) is 4.57 Å². The highest BCUT2D eigenvalue weighted by atomic mass is 31.2. The molecule has 0 N–H and O–H groups in total. The Labute approximate surface area is 166 Å². The predicted molar refractivity (Wildman–Crippen MR) is 116 cm³/mol. The van der Waals surface area contributed by atoms with Crippen molar-refractivity contribution in [1.82, 2.24) is 0 Å². The molecule has 0 radical (unpaired) electrons. The van der Waals surface area contributed by atoms with Crippen LogP contribution in [-0.4, -0.2) is 0 Å². The Balaban J connectivity index is 2.01. The lowest BCUT2D eigenvalue weighted by Crippen LogP contribution is -2.00. The van der Waals surface area contributed by atoms with Gasteiger partial charge in [-0.2, -0.15) is 0 Å². The van der Waals surface area contributed by atoms with Crippen molar-refractivity contribution in [2.45, 2.75) is 0 Å². The highest BCUT2D eigenvalue weighted by Crippen LogP contribution is 2.42. The van der Waals surface area contributed by atoms with Crippen LogP contribution in [0.25, 0.3) is 0 Å². The van der Waals surface area contributed by atoms with Gasteiger partial charge in [-0.15, -0.1) is 12.8 Å². The molecule has 0 aliphatic carbocycles. The topological polar surface area (TPSA) is 17.1 Å². The van der Waals surface area contributed by atoms with E-state index in [0.717, 1.165) is 22.3 Å². The Bertz CT molecular complexity index is 1150. The van der Waals surface area contributed by atoms with Gasteiger partial charge in [0, 0.05) is 27.6 Å². The summed E-state index contributed by atoms with van der Waals surface area (Å²) in [7, 11) is -3.24. The van der Waals surface area contributed by atoms with Gasteiger partial charge in [0.1, 0.15) is 0 Å². The molecule has 0 heterocycles. The first-order chi connectivity index (χ1) is 13.6. The zero-order valence-corrected chi connectivity index (χ0v) is 15.9. The molecule has 0 fully saturated rings. The first-order valence-corrected chi connectivity index (χ1v) is 10.2. The lowest BCUT2D eigenvalue weighted by molar-refractivity contribution is 0.593. The summed E-state index contributed by atoms with van der Waals surface area (Å²) in [5.74, 6) is 11.1. The summed E-state index contributed by atoms with van der Waals surface area (Å²) < 4.78 is 13.6. The average molecular weight is 374 g/mol. The molecule has 3 rings (SSSR count). The van der Waals surface area contributed by atoms with E-state index < -0.39 is 7.14 Å². The van der Waals surface area contributed by atoms with Gasteiger partial charge in [-0.3, -0.25) is 4.57 Å². The smallest absolute Gasteiger partial charge is 0.251 e. The second kappa shape index (κ2) is 8.68. The van der Waals surface area contributed by atoms with Gasteiger partial charge in [0.15, 0.2) is 0 Å². The maximum Gasteiger partial charge on any atom is 0.251 e. The van der Waals surface area contributed by atoms with Crippen LogP contribution in [0, 0.1) is 47.9 Å². The summed E-state index contributed by atoms with van der Waals surface area (Å²) >= 11 is 0. The summed E-state index contributed by atoms with van der Waals surface area (Å²) in [5, 5.41) is 0.607. The average Bonchev–Trinajstić information content (AvgIpc) is 2.77. The van der Waals surface area contributed by atoms with E-state index in [0.29, 0.717) is 5.30 Å². The van der Waals surface area contributed by atoms with Gasteiger partial charge in [0.2, 0.25) is 0 Å². The molecule has 0 amide bonds. The largest absolute Gasteiger partial charge is 0.291 e. The molecule has 0 atom stereocenters. The zero-order valence-electron chi connectivity index (χ0n) is 15.0. The molecule has 0 bridgehead atoms. The second-order valence-corrected chi connectivity index (χ2v) is 8.04. The lowest BCUT2D eigenvalue weighted by atomic mass is 10.1. The van der Waals surface area contributed by atoms with Crippen LogP contribution in [0.1, 0.15) is 22.3 Å². The Hall–Kier alpha value is -3.87. The van der Waals surface area contributed by atoms with Crippen LogP contribution < -0.4 is 5.30 Å². The monoisotopic (exact) mass is 374 g/mol. The third-order valence-electron chi connectivity index (χ3n) is 3.94. The van der Waals surface area contributed by atoms with Crippen LogP contribution in [0.2, 0.25) is 0 Å². The Kier molecular flexibility index (Phi) is 5.86. The minimum absolute atomic E-state index is 0.607. The molecule has 0 aliphatic heterocycles. The van der Waals surface area contributed by atoms with E-state index in [1.807, 2.05) is 42.5 Å². The molecule has 0 unspecified atom stereocenters. The minimum atomic E-state index is -3.24. The summed E-state index contributed by atoms with van der Waals surface area (Å²) in [6, 6.07) is 23.5. The third kappa shape index (κ3) is 4.64. The first kappa shape index (κ1) is 18.9. The van der Waals surface area contributed by atoms with E-state index in [9.17, 15) is 4.57 Å². The van der Waals surface area contributed by atoms with Gasteiger partial charge < -0.3 is 0 Å². The quantitative estimate of drug-likeness (QED) is 0.447. The van der Waals surface area contributed by atoms with Crippen molar-refractivity contribution in [3.8, 4) is 47.9 Å². The molecule has 28 heavy (non-hydrogen) atoms. The molecule has 130 valence electrons. The number of rotatable bonds is 1. The van der Waals surface area contributed by atoms with Crippen LogP contribution >= 0.6 is 7.14 Å². The van der Waals surface area contributed by atoms with E-state index in [2.05, 4.69) is 35.0 Å². The van der Waals surface area contributed by atoms with E-state index in [1.165, 1.54) is 0 Å². The summed E-state index contributed by atoms with van der Waals surface area (Å²) in [4.78, 5) is 0. The molecular weight excluding hydrogens is 359 g/mol. The van der Waals surface area contributed by atoms with Crippen molar-refractivity contribution in [1.29, 1.82) is 0 Å². The normalized spacial score (nSPS) is 9.64. The van der Waals surface area contributed by atoms with Gasteiger partial charge in [-0.1, -0.05) is 41.9 Å². The fraction of sp³-hybridized carbons (Fsp3) is 0. The molecule has 0 aliphatic rings. The van der Waals surface area contributed by atoms with Crippen molar-refractivity contribution in [3.05, 3.63) is 101 Å². The molecule has 0 spiro atoms. The predicted octanol–water partition coefficient (Wildman–Crippen LogP) is 4.66. The maximum absolute atomic E-state index is 13.6. The van der Waals surface area contributed by atoms with Crippen LogP contribution in [0.15, 0.2) is 78.9 Å². The van der Waals surface area contributed by atoms with Gasteiger partial charge in [-0.05, 0) is 72.0 Å². The summed E-state index contributed by atoms with van der Waals surface area (Å²) in [5.41, 5.74) is 8.82. The van der Waals surface area contributed by atoms with Crippen molar-refractivity contribution in [3.63, 3.8) is 0 Å². The van der Waals surface area contributed by atoms with Crippen molar-refractivity contribution in [2.75, 3.05) is 0 Å².